The van der Waals surface area contributed by atoms with Crippen LogP contribution in [0.4, 0.5) is 0 Å². The largest absolute Gasteiger partial charge is 0.314 e. The quantitative estimate of drug-likeness (QED) is 0.599. The summed E-state index contributed by atoms with van der Waals surface area (Å²) in [6.07, 6.45) is 8.52. The molecular formula is C18H27N. The maximum Gasteiger partial charge on any atom is 0.00105 e. The molecule has 1 nitrogen and oxygen atoms in total. The second kappa shape index (κ2) is 6.91. The molecule has 1 N–H and O–H groups in total. The van der Waals surface area contributed by atoms with Crippen molar-refractivity contribution in [2.24, 2.45) is 0 Å². The van der Waals surface area contributed by atoms with Crippen LogP contribution in [0.25, 0.3) is 0 Å². The van der Waals surface area contributed by atoms with Gasteiger partial charge >= 0.3 is 0 Å². The average Bonchev–Trinajstić information content (AvgIpc) is 2.82. The van der Waals surface area contributed by atoms with Crippen molar-refractivity contribution in [1.29, 1.82) is 0 Å². The summed E-state index contributed by atoms with van der Waals surface area (Å²) in [5, 5.41) is 3.45. The molecule has 0 saturated heterocycles. The zero-order chi connectivity index (χ0) is 13.7. The highest BCUT2D eigenvalue weighted by molar-refractivity contribution is 5.36. The van der Waals surface area contributed by atoms with E-state index in [2.05, 4.69) is 50.4 Å². The molecule has 0 fully saturated rings. The third-order valence-corrected chi connectivity index (χ3v) is 3.84. The summed E-state index contributed by atoms with van der Waals surface area (Å²) in [4.78, 5) is 0. The van der Waals surface area contributed by atoms with Gasteiger partial charge in [-0.2, -0.15) is 0 Å². The third kappa shape index (κ3) is 4.50. The normalized spacial score (nSPS) is 15.1. The van der Waals surface area contributed by atoms with Crippen LogP contribution in [0.15, 0.2) is 29.8 Å². The number of aryl methyl sites for hydroxylation is 2. The highest BCUT2D eigenvalue weighted by Gasteiger charge is 2.10. The van der Waals surface area contributed by atoms with Gasteiger partial charge < -0.3 is 5.32 Å². The van der Waals surface area contributed by atoms with Gasteiger partial charge in [0.25, 0.3) is 0 Å². The van der Waals surface area contributed by atoms with Crippen LogP contribution in [0.2, 0.25) is 0 Å². The summed E-state index contributed by atoms with van der Waals surface area (Å²) >= 11 is 0. The molecule has 1 aliphatic carbocycles. The van der Waals surface area contributed by atoms with Crippen LogP contribution in [0.5, 0.6) is 0 Å². The van der Waals surface area contributed by atoms with Crippen LogP contribution in [0.3, 0.4) is 0 Å². The van der Waals surface area contributed by atoms with E-state index in [4.69, 9.17) is 0 Å². The molecule has 2 rings (SSSR count). The molecule has 19 heavy (non-hydrogen) atoms. The zero-order valence-electron chi connectivity index (χ0n) is 12.6. The van der Waals surface area contributed by atoms with E-state index in [-0.39, 0.29) is 0 Å². The molecular weight excluding hydrogens is 230 g/mol. The maximum absolute atomic E-state index is 3.45. The lowest BCUT2D eigenvalue weighted by Crippen LogP contribution is -2.23. The fourth-order valence-corrected chi connectivity index (χ4v) is 2.82. The molecule has 0 amide bonds. The van der Waals surface area contributed by atoms with Gasteiger partial charge in [-0.05, 0) is 62.3 Å². The van der Waals surface area contributed by atoms with E-state index in [1.807, 2.05) is 0 Å². The van der Waals surface area contributed by atoms with Gasteiger partial charge in [0.15, 0.2) is 0 Å². The zero-order valence-corrected chi connectivity index (χ0v) is 12.6. The van der Waals surface area contributed by atoms with Crippen molar-refractivity contribution in [3.05, 3.63) is 46.5 Å². The second-order valence-corrected chi connectivity index (χ2v) is 6.08. The Kier molecular flexibility index (Phi) is 5.21. The Bertz CT molecular complexity index is 443. The molecule has 1 aromatic rings. The minimum atomic E-state index is 0.588. The van der Waals surface area contributed by atoms with Gasteiger partial charge in [0.2, 0.25) is 0 Å². The highest BCUT2D eigenvalue weighted by atomic mass is 14.9. The standard InChI is InChI=1S/C18H27N/c1-14(2)19-11-5-6-15(3)12-16-9-10-17-7-4-8-18(17)13-16/h6,9-10,13-14,19H,4-5,7-8,11-12H2,1-3H3. The predicted octanol–water partition coefficient (Wildman–Crippen LogP) is 4.05. The lowest BCUT2D eigenvalue weighted by molar-refractivity contribution is 0.594. The van der Waals surface area contributed by atoms with Crippen molar-refractivity contribution >= 4 is 0 Å². The Balaban J connectivity index is 1.84. The van der Waals surface area contributed by atoms with Gasteiger partial charge in [-0.15, -0.1) is 0 Å². The first-order valence-electron chi connectivity index (χ1n) is 7.65. The molecule has 0 saturated carbocycles. The van der Waals surface area contributed by atoms with Crippen LogP contribution < -0.4 is 5.32 Å². The Morgan fingerprint density at radius 1 is 1.26 bits per heavy atom. The van der Waals surface area contributed by atoms with Crippen LogP contribution in [0.1, 0.15) is 50.3 Å². The van der Waals surface area contributed by atoms with Crippen molar-refractivity contribution in [3.63, 3.8) is 0 Å². The van der Waals surface area contributed by atoms with Crippen molar-refractivity contribution in [1.82, 2.24) is 5.32 Å². The fraction of sp³-hybridized carbons (Fsp3) is 0.556. The third-order valence-electron chi connectivity index (χ3n) is 3.84. The molecule has 0 aliphatic heterocycles. The van der Waals surface area contributed by atoms with Crippen molar-refractivity contribution in [2.75, 3.05) is 6.54 Å². The van der Waals surface area contributed by atoms with Crippen molar-refractivity contribution in [2.45, 2.75) is 58.9 Å². The van der Waals surface area contributed by atoms with Gasteiger partial charge in [-0.1, -0.05) is 43.7 Å². The molecule has 104 valence electrons. The topological polar surface area (TPSA) is 12.0 Å². The molecule has 1 aliphatic rings. The van der Waals surface area contributed by atoms with Gasteiger partial charge in [-0.3, -0.25) is 0 Å². The molecule has 0 atom stereocenters. The number of nitrogens with one attached hydrogen (secondary N) is 1. The molecule has 1 heteroatoms. The maximum atomic E-state index is 3.45. The van der Waals surface area contributed by atoms with E-state index < -0.39 is 0 Å². The van der Waals surface area contributed by atoms with Crippen LogP contribution >= 0.6 is 0 Å². The lowest BCUT2D eigenvalue weighted by Gasteiger charge is -2.07. The molecule has 0 heterocycles. The summed E-state index contributed by atoms with van der Waals surface area (Å²) in [7, 11) is 0. The minimum absolute atomic E-state index is 0.588. The average molecular weight is 257 g/mol. The predicted molar refractivity (Wildman–Crippen MR) is 83.7 cm³/mol. The van der Waals surface area contributed by atoms with Gasteiger partial charge in [0.05, 0.1) is 0 Å². The summed E-state index contributed by atoms with van der Waals surface area (Å²) < 4.78 is 0. The molecule has 0 spiro atoms. The van der Waals surface area contributed by atoms with Crippen LogP contribution in [0, 0.1) is 0 Å². The molecule has 0 bridgehead atoms. The molecule has 0 radical (unpaired) electrons. The van der Waals surface area contributed by atoms with Crippen LogP contribution in [-0.4, -0.2) is 12.6 Å². The Labute approximate surface area is 118 Å². The van der Waals surface area contributed by atoms with Gasteiger partial charge in [-0.25, -0.2) is 0 Å². The summed E-state index contributed by atoms with van der Waals surface area (Å²) in [6.45, 7) is 7.73. The van der Waals surface area contributed by atoms with Crippen molar-refractivity contribution in [3.8, 4) is 0 Å². The van der Waals surface area contributed by atoms with E-state index in [9.17, 15) is 0 Å². The SMILES string of the molecule is CC(=CCCNC(C)C)Cc1ccc2c(c1)CCC2. The first-order chi connectivity index (χ1) is 9.15. The number of hydrogen-bond donors (Lipinski definition) is 1. The first kappa shape index (κ1) is 14.3. The molecule has 0 unspecified atom stereocenters. The van der Waals surface area contributed by atoms with Gasteiger partial charge in [0.1, 0.15) is 0 Å². The molecule has 1 aromatic carbocycles. The monoisotopic (exact) mass is 257 g/mol. The van der Waals surface area contributed by atoms with Crippen LogP contribution in [-0.2, 0) is 19.3 Å². The number of fused-ring (bicyclic) bond motifs is 1. The lowest BCUT2D eigenvalue weighted by atomic mass is 10.0. The van der Waals surface area contributed by atoms with E-state index in [0.717, 1.165) is 19.4 Å². The summed E-state index contributed by atoms with van der Waals surface area (Å²) in [5.41, 5.74) is 6.13. The van der Waals surface area contributed by atoms with E-state index in [1.165, 1.54) is 30.4 Å². The Hall–Kier alpha value is -1.08. The van der Waals surface area contributed by atoms with E-state index in [1.54, 1.807) is 11.1 Å². The smallest absolute Gasteiger partial charge is 0.00105 e. The highest BCUT2D eigenvalue weighted by Crippen LogP contribution is 2.23. The van der Waals surface area contributed by atoms with Gasteiger partial charge in [0, 0.05) is 6.04 Å². The Morgan fingerprint density at radius 3 is 2.84 bits per heavy atom. The molecule has 0 aromatic heterocycles. The minimum Gasteiger partial charge on any atom is -0.314 e. The first-order valence-corrected chi connectivity index (χ1v) is 7.65. The number of rotatable bonds is 6. The van der Waals surface area contributed by atoms with Crippen molar-refractivity contribution < 1.29 is 0 Å². The number of benzene rings is 1. The summed E-state index contributed by atoms with van der Waals surface area (Å²) in [6, 6.07) is 7.66. The van der Waals surface area contributed by atoms with E-state index >= 15 is 0 Å². The Morgan fingerprint density at radius 2 is 2.05 bits per heavy atom. The summed E-state index contributed by atoms with van der Waals surface area (Å²) in [5.74, 6) is 0. The van der Waals surface area contributed by atoms with E-state index in [0.29, 0.717) is 6.04 Å². The second-order valence-electron chi connectivity index (χ2n) is 6.08. The number of hydrogen-bond acceptors (Lipinski definition) is 1. The number of allylic oxidation sites excluding steroid dienone is 1. The fourth-order valence-electron chi connectivity index (χ4n) is 2.82.